The average molecular weight is 425 g/mol. The van der Waals surface area contributed by atoms with Crippen LogP contribution in [0.25, 0.3) is 0 Å². The number of carbonyl (C=O) groups excluding carboxylic acids is 2. The molecule has 1 N–H and O–H groups in total. The van der Waals surface area contributed by atoms with Crippen molar-refractivity contribution >= 4 is 29.0 Å². The first kappa shape index (κ1) is 21.1. The first-order chi connectivity index (χ1) is 14.3. The molecule has 2 aliphatic heterocycles. The number of piperidine rings is 1. The summed E-state index contributed by atoms with van der Waals surface area (Å²) in [7, 11) is 0. The third-order valence-electron chi connectivity index (χ3n) is 6.34. The molecule has 2 aromatic rings. The van der Waals surface area contributed by atoms with Crippen LogP contribution in [0.3, 0.4) is 0 Å². The molecule has 2 heterocycles. The monoisotopic (exact) mass is 424 g/mol. The van der Waals surface area contributed by atoms with Crippen molar-refractivity contribution in [1.82, 2.24) is 4.90 Å². The highest BCUT2D eigenvalue weighted by Gasteiger charge is 2.35. The van der Waals surface area contributed by atoms with E-state index >= 15 is 0 Å². The van der Waals surface area contributed by atoms with Crippen LogP contribution in [0.15, 0.2) is 42.5 Å². The Morgan fingerprint density at radius 1 is 1.23 bits per heavy atom. The number of Topliss-reactive ketones (excluding diaryl/α,β-unsaturated/α-hetero) is 1. The number of likely N-dealkylation sites (tertiary alicyclic amines) is 1. The minimum Gasteiger partial charge on any atom is -0.325 e. The molecule has 0 bridgehead atoms. The number of hydrogen-bond acceptors (Lipinski definition) is 3. The molecule has 4 rings (SSSR count). The van der Waals surface area contributed by atoms with E-state index in [2.05, 4.69) is 34.5 Å². The smallest absolute Gasteiger partial charge is 0.225 e. The van der Waals surface area contributed by atoms with Crippen molar-refractivity contribution in [3.63, 3.8) is 0 Å². The van der Waals surface area contributed by atoms with E-state index in [-0.39, 0.29) is 17.1 Å². The number of fused-ring (bicyclic) bond motifs is 1. The van der Waals surface area contributed by atoms with Crippen molar-refractivity contribution in [2.75, 3.05) is 25.0 Å². The molecule has 158 valence electrons. The SMILES string of the molecule is CC1(C)CC(=O)Nc2c(C(=O)CN3CCCC(Cc4ccccc4)C3)cc(Cl)cc21. The van der Waals surface area contributed by atoms with Crippen LogP contribution >= 0.6 is 11.6 Å². The zero-order valence-electron chi connectivity index (χ0n) is 17.7. The number of ketones is 1. The highest BCUT2D eigenvalue weighted by molar-refractivity contribution is 6.31. The zero-order valence-corrected chi connectivity index (χ0v) is 18.5. The molecule has 4 nitrogen and oxygen atoms in total. The number of rotatable bonds is 5. The van der Waals surface area contributed by atoms with Crippen LogP contribution in [-0.2, 0) is 16.6 Å². The van der Waals surface area contributed by atoms with Crippen molar-refractivity contribution < 1.29 is 9.59 Å². The van der Waals surface area contributed by atoms with Gasteiger partial charge in [0, 0.05) is 29.0 Å². The van der Waals surface area contributed by atoms with E-state index in [9.17, 15) is 9.59 Å². The minimum absolute atomic E-state index is 0.0205. The molecule has 30 heavy (non-hydrogen) atoms. The lowest BCUT2D eigenvalue weighted by molar-refractivity contribution is -0.117. The maximum Gasteiger partial charge on any atom is 0.225 e. The van der Waals surface area contributed by atoms with E-state index in [1.165, 1.54) is 12.0 Å². The fraction of sp³-hybridized carbons (Fsp3) is 0.440. The Morgan fingerprint density at radius 2 is 2.00 bits per heavy atom. The third-order valence-corrected chi connectivity index (χ3v) is 6.56. The van der Waals surface area contributed by atoms with Crippen LogP contribution in [0.1, 0.15) is 54.6 Å². The number of nitrogens with one attached hydrogen (secondary N) is 1. The molecule has 0 saturated carbocycles. The van der Waals surface area contributed by atoms with Crippen LogP contribution in [0.2, 0.25) is 5.02 Å². The van der Waals surface area contributed by atoms with Crippen molar-refractivity contribution in [2.24, 2.45) is 5.92 Å². The Hall–Kier alpha value is -2.17. The van der Waals surface area contributed by atoms with Crippen LogP contribution in [0, 0.1) is 5.92 Å². The Bertz CT molecular complexity index is 955. The number of benzene rings is 2. The molecule has 0 radical (unpaired) electrons. The molecule has 1 atom stereocenters. The molecule has 1 unspecified atom stereocenters. The molecular formula is C25H29ClN2O2. The van der Waals surface area contributed by atoms with Gasteiger partial charge in [-0.05, 0) is 55.0 Å². The maximum absolute atomic E-state index is 13.3. The lowest BCUT2D eigenvalue weighted by Gasteiger charge is -2.34. The Labute approximate surface area is 183 Å². The van der Waals surface area contributed by atoms with E-state index < -0.39 is 0 Å². The summed E-state index contributed by atoms with van der Waals surface area (Å²) in [5.41, 5.74) is 3.12. The number of hydrogen-bond donors (Lipinski definition) is 1. The van der Waals surface area contributed by atoms with Crippen molar-refractivity contribution in [1.29, 1.82) is 0 Å². The summed E-state index contributed by atoms with van der Waals surface area (Å²) in [6, 6.07) is 14.1. The van der Waals surface area contributed by atoms with Gasteiger partial charge in [-0.25, -0.2) is 0 Å². The maximum atomic E-state index is 13.3. The van der Waals surface area contributed by atoms with Gasteiger partial charge in [0.1, 0.15) is 0 Å². The molecule has 0 aliphatic carbocycles. The quantitative estimate of drug-likeness (QED) is 0.679. The summed E-state index contributed by atoms with van der Waals surface area (Å²) in [5.74, 6) is 0.526. The van der Waals surface area contributed by atoms with E-state index in [1.54, 1.807) is 6.07 Å². The summed E-state index contributed by atoms with van der Waals surface area (Å²) in [6.07, 6.45) is 3.72. The topological polar surface area (TPSA) is 49.4 Å². The molecule has 2 aromatic carbocycles. The molecule has 2 aliphatic rings. The van der Waals surface area contributed by atoms with E-state index in [0.29, 0.717) is 35.2 Å². The van der Waals surface area contributed by atoms with Crippen LogP contribution in [-0.4, -0.2) is 36.2 Å². The van der Waals surface area contributed by atoms with E-state index in [0.717, 1.165) is 31.5 Å². The molecular weight excluding hydrogens is 396 g/mol. The van der Waals surface area contributed by atoms with Gasteiger partial charge in [0.25, 0.3) is 0 Å². The summed E-state index contributed by atoms with van der Waals surface area (Å²) in [6.45, 7) is 6.25. The summed E-state index contributed by atoms with van der Waals surface area (Å²) < 4.78 is 0. The van der Waals surface area contributed by atoms with Gasteiger partial charge in [-0.2, -0.15) is 0 Å². The van der Waals surface area contributed by atoms with Gasteiger partial charge in [0.2, 0.25) is 5.91 Å². The molecule has 1 amide bonds. The Balaban J connectivity index is 1.50. The second kappa shape index (κ2) is 8.52. The van der Waals surface area contributed by atoms with Gasteiger partial charge >= 0.3 is 0 Å². The zero-order chi connectivity index (χ0) is 21.3. The molecule has 1 fully saturated rings. The van der Waals surface area contributed by atoms with Gasteiger partial charge in [0.15, 0.2) is 5.78 Å². The van der Waals surface area contributed by atoms with E-state index in [1.807, 2.05) is 26.0 Å². The standard InChI is InChI=1S/C25H29ClN2O2/c1-25(2)14-23(30)27-24-20(12-19(26)13-21(24)25)22(29)16-28-10-6-9-18(15-28)11-17-7-4-3-5-8-17/h3-5,7-8,12-13,18H,6,9-11,14-16H2,1-2H3,(H,27,30). The van der Waals surface area contributed by atoms with Gasteiger partial charge in [-0.3, -0.25) is 14.5 Å². The van der Waals surface area contributed by atoms with Gasteiger partial charge in [-0.1, -0.05) is 55.8 Å². The first-order valence-corrected chi connectivity index (χ1v) is 11.1. The molecule has 0 spiro atoms. The number of carbonyl (C=O) groups is 2. The van der Waals surface area contributed by atoms with Crippen LogP contribution < -0.4 is 5.32 Å². The van der Waals surface area contributed by atoms with Crippen molar-refractivity contribution in [3.05, 3.63) is 64.2 Å². The molecule has 5 heteroatoms. The Kier molecular flexibility index (Phi) is 5.99. The minimum atomic E-state index is -0.344. The average Bonchev–Trinajstić information content (AvgIpc) is 2.69. The largest absolute Gasteiger partial charge is 0.325 e. The number of amides is 1. The lowest BCUT2D eigenvalue weighted by Crippen LogP contribution is -2.40. The summed E-state index contributed by atoms with van der Waals surface area (Å²) >= 11 is 6.37. The van der Waals surface area contributed by atoms with Crippen molar-refractivity contribution in [2.45, 2.75) is 44.9 Å². The van der Waals surface area contributed by atoms with Gasteiger partial charge in [-0.15, -0.1) is 0 Å². The highest BCUT2D eigenvalue weighted by atomic mass is 35.5. The number of nitrogens with zero attached hydrogens (tertiary/aromatic N) is 1. The molecule has 0 aromatic heterocycles. The predicted octanol–water partition coefficient (Wildman–Crippen LogP) is 5.10. The first-order valence-electron chi connectivity index (χ1n) is 10.8. The third kappa shape index (κ3) is 4.60. The van der Waals surface area contributed by atoms with E-state index in [4.69, 9.17) is 11.6 Å². The second-order valence-electron chi connectivity index (χ2n) is 9.34. The lowest BCUT2D eigenvalue weighted by atomic mass is 9.76. The Morgan fingerprint density at radius 3 is 2.77 bits per heavy atom. The fourth-order valence-electron chi connectivity index (χ4n) is 4.87. The van der Waals surface area contributed by atoms with Crippen LogP contribution in [0.4, 0.5) is 5.69 Å². The van der Waals surface area contributed by atoms with Crippen LogP contribution in [0.5, 0.6) is 0 Å². The summed E-state index contributed by atoms with van der Waals surface area (Å²) in [5, 5.41) is 3.48. The summed E-state index contributed by atoms with van der Waals surface area (Å²) in [4.78, 5) is 27.8. The fourth-order valence-corrected chi connectivity index (χ4v) is 5.09. The van der Waals surface area contributed by atoms with Crippen molar-refractivity contribution in [3.8, 4) is 0 Å². The highest BCUT2D eigenvalue weighted by Crippen LogP contribution is 2.41. The normalized spacial score (nSPS) is 21.0. The second-order valence-corrected chi connectivity index (χ2v) is 9.78. The van der Waals surface area contributed by atoms with Gasteiger partial charge < -0.3 is 5.32 Å². The number of halogens is 1. The van der Waals surface area contributed by atoms with Gasteiger partial charge in [0.05, 0.1) is 12.2 Å². The molecule has 1 saturated heterocycles. The predicted molar refractivity (Wildman–Crippen MR) is 121 cm³/mol. The number of anilines is 1.